The Bertz CT molecular complexity index is 1060. The van der Waals surface area contributed by atoms with E-state index in [4.69, 9.17) is 13.9 Å². The third kappa shape index (κ3) is 5.06. The average Bonchev–Trinajstić information content (AvgIpc) is 3.30. The average molecular weight is 420 g/mol. The van der Waals surface area contributed by atoms with Gasteiger partial charge in [-0.15, -0.1) is 0 Å². The number of rotatable bonds is 8. The molecule has 160 valence electrons. The third-order valence-electron chi connectivity index (χ3n) is 4.94. The first kappa shape index (κ1) is 20.5. The number of ether oxygens (including phenoxy) is 2. The van der Waals surface area contributed by atoms with E-state index in [0.717, 1.165) is 24.2 Å². The molecule has 0 fully saturated rings. The fourth-order valence-corrected chi connectivity index (χ4v) is 3.39. The molecule has 0 atom stereocenters. The Morgan fingerprint density at radius 3 is 2.84 bits per heavy atom. The summed E-state index contributed by atoms with van der Waals surface area (Å²) in [4.78, 5) is 26.4. The van der Waals surface area contributed by atoms with E-state index in [0.29, 0.717) is 30.3 Å². The summed E-state index contributed by atoms with van der Waals surface area (Å²) in [7, 11) is 0. The Morgan fingerprint density at radius 1 is 1.13 bits per heavy atom. The van der Waals surface area contributed by atoms with Gasteiger partial charge in [0.05, 0.1) is 18.6 Å². The van der Waals surface area contributed by atoms with Crippen molar-refractivity contribution in [3.05, 3.63) is 72.2 Å². The molecule has 0 saturated heterocycles. The van der Waals surface area contributed by atoms with E-state index in [1.54, 1.807) is 35.2 Å². The van der Waals surface area contributed by atoms with Crippen LogP contribution in [0.25, 0.3) is 0 Å². The number of carbonyl (C=O) groups excluding carboxylic acids is 2. The van der Waals surface area contributed by atoms with Gasteiger partial charge in [0.1, 0.15) is 11.5 Å². The number of fused-ring (bicyclic) bond motifs is 1. The van der Waals surface area contributed by atoms with Crippen molar-refractivity contribution in [2.45, 2.75) is 19.8 Å². The molecule has 3 aromatic rings. The lowest BCUT2D eigenvalue weighted by Crippen LogP contribution is -2.39. The molecule has 0 bridgehead atoms. The molecule has 1 N–H and O–H groups in total. The number of aryl methyl sites for hydroxylation is 1. The van der Waals surface area contributed by atoms with Gasteiger partial charge in [0, 0.05) is 12.2 Å². The first-order valence-corrected chi connectivity index (χ1v) is 10.2. The van der Waals surface area contributed by atoms with E-state index in [2.05, 4.69) is 5.32 Å². The van der Waals surface area contributed by atoms with Crippen LogP contribution >= 0.6 is 0 Å². The predicted octanol–water partition coefficient (Wildman–Crippen LogP) is 4.42. The number of furan rings is 1. The molecule has 2 aromatic carbocycles. The standard InChI is InChI=1S/C24H24N2O5/c1-17-6-4-7-19(14-17)29-12-3-2-11-26-20-15-18(9-10-21(20)31-16-23(26)27)25-24(28)22-8-5-13-30-22/h4-10,13-15H,2-3,11-12,16H2,1H3,(H,25,28). The Hall–Kier alpha value is -3.74. The Kier molecular flexibility index (Phi) is 6.21. The fourth-order valence-electron chi connectivity index (χ4n) is 3.39. The van der Waals surface area contributed by atoms with Gasteiger partial charge in [0.25, 0.3) is 11.8 Å². The topological polar surface area (TPSA) is 81.0 Å². The lowest BCUT2D eigenvalue weighted by molar-refractivity contribution is -0.121. The molecule has 0 radical (unpaired) electrons. The first-order chi connectivity index (χ1) is 15.1. The van der Waals surface area contributed by atoms with Gasteiger partial charge < -0.3 is 24.1 Å². The summed E-state index contributed by atoms with van der Waals surface area (Å²) in [5.74, 6) is 1.22. The smallest absolute Gasteiger partial charge is 0.291 e. The monoisotopic (exact) mass is 420 g/mol. The van der Waals surface area contributed by atoms with Crippen LogP contribution in [0.5, 0.6) is 11.5 Å². The Labute approximate surface area is 180 Å². The fraction of sp³-hybridized carbons (Fsp3) is 0.250. The molecule has 0 unspecified atom stereocenters. The molecule has 7 heteroatoms. The van der Waals surface area contributed by atoms with Crippen LogP contribution in [0.3, 0.4) is 0 Å². The number of amides is 2. The molecular formula is C24H24N2O5. The summed E-state index contributed by atoms with van der Waals surface area (Å²) in [6.07, 6.45) is 3.03. The normalized spacial score (nSPS) is 12.8. The van der Waals surface area contributed by atoms with Crippen LogP contribution in [-0.4, -0.2) is 31.6 Å². The number of anilines is 2. The highest BCUT2D eigenvalue weighted by molar-refractivity contribution is 6.03. The van der Waals surface area contributed by atoms with Crippen molar-refractivity contribution < 1.29 is 23.5 Å². The first-order valence-electron chi connectivity index (χ1n) is 10.2. The van der Waals surface area contributed by atoms with Gasteiger partial charge in [-0.25, -0.2) is 0 Å². The molecule has 31 heavy (non-hydrogen) atoms. The zero-order valence-electron chi connectivity index (χ0n) is 17.3. The molecule has 0 aliphatic carbocycles. The van der Waals surface area contributed by atoms with Gasteiger partial charge in [-0.3, -0.25) is 9.59 Å². The highest BCUT2D eigenvalue weighted by Gasteiger charge is 2.25. The lowest BCUT2D eigenvalue weighted by Gasteiger charge is -2.30. The van der Waals surface area contributed by atoms with Crippen molar-refractivity contribution in [1.82, 2.24) is 0 Å². The van der Waals surface area contributed by atoms with Crippen LogP contribution in [0.15, 0.2) is 65.3 Å². The number of carbonyl (C=O) groups is 2. The van der Waals surface area contributed by atoms with Gasteiger partial charge in [-0.2, -0.15) is 0 Å². The lowest BCUT2D eigenvalue weighted by atomic mass is 10.2. The van der Waals surface area contributed by atoms with Crippen LogP contribution in [0.4, 0.5) is 11.4 Å². The van der Waals surface area contributed by atoms with Crippen LogP contribution in [0, 0.1) is 6.92 Å². The summed E-state index contributed by atoms with van der Waals surface area (Å²) in [6.45, 7) is 3.15. The van der Waals surface area contributed by atoms with Crippen LogP contribution < -0.4 is 19.7 Å². The minimum atomic E-state index is -0.354. The third-order valence-corrected chi connectivity index (χ3v) is 4.94. The largest absolute Gasteiger partial charge is 0.494 e. The molecule has 0 saturated carbocycles. The number of unbranched alkanes of at least 4 members (excludes halogenated alkanes) is 1. The molecule has 4 rings (SSSR count). The molecule has 2 heterocycles. The van der Waals surface area contributed by atoms with Crippen molar-refractivity contribution in [3.8, 4) is 11.5 Å². The van der Waals surface area contributed by atoms with Crippen molar-refractivity contribution in [2.75, 3.05) is 30.0 Å². The van der Waals surface area contributed by atoms with E-state index >= 15 is 0 Å². The molecule has 7 nitrogen and oxygen atoms in total. The van der Waals surface area contributed by atoms with Crippen LogP contribution in [0.2, 0.25) is 0 Å². The van der Waals surface area contributed by atoms with Crippen molar-refractivity contribution in [3.63, 3.8) is 0 Å². The maximum atomic E-state index is 12.5. The molecular weight excluding hydrogens is 396 g/mol. The maximum Gasteiger partial charge on any atom is 0.291 e. The van der Waals surface area contributed by atoms with Gasteiger partial charge in [0.2, 0.25) is 0 Å². The Balaban J connectivity index is 1.36. The number of nitrogens with one attached hydrogen (secondary N) is 1. The SMILES string of the molecule is Cc1cccc(OCCCCN2C(=O)COc3ccc(NC(=O)c4ccco4)cc32)c1. The molecule has 1 aliphatic rings. The van der Waals surface area contributed by atoms with Gasteiger partial charge in [-0.05, 0) is 67.8 Å². The highest BCUT2D eigenvalue weighted by Crippen LogP contribution is 2.35. The zero-order chi connectivity index (χ0) is 21.6. The minimum absolute atomic E-state index is 0.00485. The minimum Gasteiger partial charge on any atom is -0.494 e. The molecule has 2 amide bonds. The highest BCUT2D eigenvalue weighted by atomic mass is 16.5. The van der Waals surface area contributed by atoms with E-state index in [1.165, 1.54) is 6.26 Å². The van der Waals surface area contributed by atoms with E-state index < -0.39 is 0 Å². The summed E-state index contributed by atoms with van der Waals surface area (Å²) < 4.78 is 16.5. The molecule has 1 aliphatic heterocycles. The Morgan fingerprint density at radius 2 is 2.03 bits per heavy atom. The summed E-state index contributed by atoms with van der Waals surface area (Å²) in [5, 5.41) is 2.78. The second-order valence-corrected chi connectivity index (χ2v) is 7.32. The maximum absolute atomic E-state index is 12.5. The number of hydrogen-bond acceptors (Lipinski definition) is 5. The second-order valence-electron chi connectivity index (χ2n) is 7.32. The second kappa shape index (κ2) is 9.38. The van der Waals surface area contributed by atoms with Crippen molar-refractivity contribution in [2.24, 2.45) is 0 Å². The van der Waals surface area contributed by atoms with Crippen LogP contribution in [0.1, 0.15) is 29.0 Å². The van der Waals surface area contributed by atoms with Crippen molar-refractivity contribution >= 4 is 23.2 Å². The summed E-state index contributed by atoms with van der Waals surface area (Å²) in [5.41, 5.74) is 2.36. The predicted molar refractivity (Wildman–Crippen MR) is 117 cm³/mol. The molecule has 0 spiro atoms. The van der Waals surface area contributed by atoms with Crippen molar-refractivity contribution in [1.29, 1.82) is 0 Å². The zero-order valence-corrected chi connectivity index (χ0v) is 17.3. The van der Waals surface area contributed by atoms with E-state index in [9.17, 15) is 9.59 Å². The summed E-state index contributed by atoms with van der Waals surface area (Å²) >= 11 is 0. The van der Waals surface area contributed by atoms with Gasteiger partial charge in [-0.1, -0.05) is 12.1 Å². The van der Waals surface area contributed by atoms with E-state index in [-0.39, 0.29) is 24.2 Å². The number of nitrogens with zero attached hydrogens (tertiary/aromatic N) is 1. The molecule has 1 aromatic heterocycles. The van der Waals surface area contributed by atoms with Gasteiger partial charge in [0.15, 0.2) is 12.4 Å². The van der Waals surface area contributed by atoms with E-state index in [1.807, 2.05) is 31.2 Å². The summed E-state index contributed by atoms with van der Waals surface area (Å²) in [6, 6.07) is 16.4. The van der Waals surface area contributed by atoms with Gasteiger partial charge >= 0.3 is 0 Å². The number of hydrogen-bond donors (Lipinski definition) is 1. The quantitative estimate of drug-likeness (QED) is 0.546. The van der Waals surface area contributed by atoms with Crippen LogP contribution in [-0.2, 0) is 4.79 Å². The number of benzene rings is 2.